The molecule has 6 nitrogen and oxygen atoms in total. The molecule has 4 rings (SSSR count). The fourth-order valence-corrected chi connectivity index (χ4v) is 5.26. The van der Waals surface area contributed by atoms with Gasteiger partial charge in [0.1, 0.15) is 0 Å². The Morgan fingerprint density at radius 3 is 2.79 bits per heavy atom. The standard InChI is InChI=1S/C21H22N2O4S2/c1-2-29(25,26)17-9-5-7-15(13-17)20(24)23(14-16-8-6-12-27-16)21-22-18-10-3-4-11-19(18)28-21/h3-5,7,9-11,13,16H,2,6,8,12,14H2,1H3. The van der Waals surface area contributed by atoms with E-state index in [-0.39, 0.29) is 22.7 Å². The van der Waals surface area contributed by atoms with Crippen molar-refractivity contribution in [2.45, 2.75) is 30.8 Å². The molecule has 1 unspecified atom stereocenters. The van der Waals surface area contributed by atoms with Crippen molar-refractivity contribution in [2.75, 3.05) is 23.8 Å². The van der Waals surface area contributed by atoms with E-state index >= 15 is 0 Å². The smallest absolute Gasteiger partial charge is 0.260 e. The first kappa shape index (κ1) is 20.0. The van der Waals surface area contributed by atoms with Crippen molar-refractivity contribution in [2.24, 2.45) is 0 Å². The Morgan fingerprint density at radius 1 is 1.24 bits per heavy atom. The van der Waals surface area contributed by atoms with E-state index in [1.807, 2.05) is 24.3 Å². The van der Waals surface area contributed by atoms with Crippen LogP contribution in [0.1, 0.15) is 30.1 Å². The molecule has 0 N–H and O–H groups in total. The van der Waals surface area contributed by atoms with E-state index in [4.69, 9.17) is 4.74 Å². The molecule has 2 heterocycles. The zero-order valence-corrected chi connectivity index (χ0v) is 17.7. The average molecular weight is 431 g/mol. The lowest BCUT2D eigenvalue weighted by Crippen LogP contribution is -2.37. The van der Waals surface area contributed by atoms with Gasteiger partial charge in [-0.1, -0.05) is 36.5 Å². The Balaban J connectivity index is 1.72. The number of carbonyl (C=O) groups is 1. The lowest BCUT2D eigenvalue weighted by Gasteiger charge is -2.23. The predicted molar refractivity (Wildman–Crippen MR) is 114 cm³/mol. The molecule has 29 heavy (non-hydrogen) atoms. The van der Waals surface area contributed by atoms with Crippen LogP contribution >= 0.6 is 11.3 Å². The summed E-state index contributed by atoms with van der Waals surface area (Å²) in [5, 5.41) is 0.593. The molecule has 0 bridgehead atoms. The van der Waals surface area contributed by atoms with Gasteiger partial charge in [-0.05, 0) is 43.2 Å². The molecule has 1 amide bonds. The molecule has 3 aromatic rings. The molecule has 1 aliphatic rings. The van der Waals surface area contributed by atoms with Gasteiger partial charge in [0.25, 0.3) is 5.91 Å². The van der Waals surface area contributed by atoms with Crippen LogP contribution in [0.4, 0.5) is 5.13 Å². The maximum absolute atomic E-state index is 13.4. The van der Waals surface area contributed by atoms with E-state index in [1.54, 1.807) is 24.0 Å². The van der Waals surface area contributed by atoms with Gasteiger partial charge in [-0.25, -0.2) is 13.4 Å². The molecular formula is C21H22N2O4S2. The van der Waals surface area contributed by atoms with Crippen LogP contribution in [0.25, 0.3) is 10.2 Å². The highest BCUT2D eigenvalue weighted by Gasteiger charge is 2.27. The van der Waals surface area contributed by atoms with Crippen LogP contribution in [0.15, 0.2) is 53.4 Å². The summed E-state index contributed by atoms with van der Waals surface area (Å²) in [5.74, 6) is -0.282. The number of benzene rings is 2. The molecule has 0 radical (unpaired) electrons. The van der Waals surface area contributed by atoms with E-state index in [9.17, 15) is 13.2 Å². The molecule has 1 aromatic heterocycles. The molecule has 2 aromatic carbocycles. The highest BCUT2D eigenvalue weighted by Crippen LogP contribution is 2.31. The topological polar surface area (TPSA) is 76.6 Å². The van der Waals surface area contributed by atoms with Crippen molar-refractivity contribution >= 4 is 42.4 Å². The van der Waals surface area contributed by atoms with Crippen molar-refractivity contribution in [3.63, 3.8) is 0 Å². The number of para-hydroxylation sites is 1. The molecule has 0 saturated carbocycles. The molecule has 8 heteroatoms. The second-order valence-corrected chi connectivity index (χ2v) is 10.2. The number of fused-ring (bicyclic) bond motifs is 1. The Kier molecular flexibility index (Phi) is 5.67. The van der Waals surface area contributed by atoms with Gasteiger partial charge in [0, 0.05) is 12.2 Å². The number of aromatic nitrogens is 1. The van der Waals surface area contributed by atoms with Crippen LogP contribution in [0.2, 0.25) is 0 Å². The molecule has 1 fully saturated rings. The summed E-state index contributed by atoms with van der Waals surface area (Å²) in [7, 11) is -3.40. The molecule has 1 aliphatic heterocycles. The number of amides is 1. The summed E-state index contributed by atoms with van der Waals surface area (Å²) < 4.78 is 31.3. The summed E-state index contributed by atoms with van der Waals surface area (Å²) in [4.78, 5) is 19.8. The zero-order valence-electron chi connectivity index (χ0n) is 16.1. The SMILES string of the molecule is CCS(=O)(=O)c1cccc(C(=O)N(CC2CCCO2)c2nc3ccccc3s2)c1. The fourth-order valence-electron chi connectivity index (χ4n) is 3.36. The Labute approximate surface area is 174 Å². The number of carbonyl (C=O) groups excluding carboxylic acids is 1. The van der Waals surface area contributed by atoms with Gasteiger partial charge in [-0.3, -0.25) is 9.69 Å². The minimum Gasteiger partial charge on any atom is -0.376 e. The maximum Gasteiger partial charge on any atom is 0.260 e. The van der Waals surface area contributed by atoms with Gasteiger partial charge in [0.2, 0.25) is 0 Å². The first-order valence-electron chi connectivity index (χ1n) is 9.60. The van der Waals surface area contributed by atoms with Gasteiger partial charge in [0.05, 0.1) is 33.5 Å². The molecular weight excluding hydrogens is 408 g/mol. The normalized spacial score (nSPS) is 16.9. The third-order valence-corrected chi connectivity index (χ3v) is 7.78. The van der Waals surface area contributed by atoms with Crippen LogP contribution in [-0.2, 0) is 14.6 Å². The van der Waals surface area contributed by atoms with Crippen molar-refractivity contribution in [3.05, 3.63) is 54.1 Å². The number of hydrogen-bond acceptors (Lipinski definition) is 6. The van der Waals surface area contributed by atoms with Crippen molar-refractivity contribution in [1.82, 2.24) is 4.98 Å². The lowest BCUT2D eigenvalue weighted by atomic mass is 10.2. The molecule has 1 atom stereocenters. The largest absolute Gasteiger partial charge is 0.376 e. The Hall–Kier alpha value is -2.29. The molecule has 0 spiro atoms. The van der Waals surface area contributed by atoms with E-state index in [0.717, 1.165) is 23.1 Å². The lowest BCUT2D eigenvalue weighted by molar-refractivity contribution is 0.0917. The number of thiazole rings is 1. The van der Waals surface area contributed by atoms with E-state index < -0.39 is 9.84 Å². The zero-order chi connectivity index (χ0) is 20.4. The number of nitrogens with zero attached hydrogens (tertiary/aromatic N) is 2. The van der Waals surface area contributed by atoms with Crippen molar-refractivity contribution in [3.8, 4) is 0 Å². The van der Waals surface area contributed by atoms with Gasteiger partial charge in [0.15, 0.2) is 15.0 Å². The third-order valence-electron chi connectivity index (χ3n) is 4.99. The summed E-state index contributed by atoms with van der Waals surface area (Å²) in [6.45, 7) is 2.68. The minimum absolute atomic E-state index is 0.0118. The van der Waals surface area contributed by atoms with Crippen LogP contribution < -0.4 is 4.90 Å². The third kappa shape index (κ3) is 4.19. The predicted octanol–water partition coefficient (Wildman–Crippen LogP) is 3.92. The van der Waals surface area contributed by atoms with Gasteiger partial charge in [-0.15, -0.1) is 0 Å². The first-order chi connectivity index (χ1) is 14.0. The summed E-state index contributed by atoms with van der Waals surface area (Å²) in [5.41, 5.74) is 1.16. The van der Waals surface area contributed by atoms with Crippen molar-refractivity contribution in [1.29, 1.82) is 0 Å². The second-order valence-electron chi connectivity index (χ2n) is 6.95. The summed E-state index contributed by atoms with van der Waals surface area (Å²) >= 11 is 1.45. The number of anilines is 1. The van der Waals surface area contributed by atoms with Gasteiger partial charge < -0.3 is 4.74 Å². The van der Waals surface area contributed by atoms with E-state index in [2.05, 4.69) is 4.98 Å². The van der Waals surface area contributed by atoms with Gasteiger partial charge in [-0.2, -0.15) is 0 Å². The molecule has 0 aliphatic carbocycles. The Morgan fingerprint density at radius 2 is 2.07 bits per heavy atom. The van der Waals surface area contributed by atoms with Gasteiger partial charge >= 0.3 is 0 Å². The number of rotatable bonds is 6. The number of hydrogen-bond donors (Lipinski definition) is 0. The number of sulfone groups is 1. The minimum atomic E-state index is -3.40. The van der Waals surface area contributed by atoms with Crippen LogP contribution in [0, 0.1) is 0 Å². The number of ether oxygens (including phenoxy) is 1. The first-order valence-corrected chi connectivity index (χ1v) is 12.1. The quantitative estimate of drug-likeness (QED) is 0.592. The maximum atomic E-state index is 13.4. The highest BCUT2D eigenvalue weighted by molar-refractivity contribution is 7.91. The average Bonchev–Trinajstić information content (AvgIpc) is 3.41. The van der Waals surface area contributed by atoms with Crippen molar-refractivity contribution < 1.29 is 17.9 Å². The monoisotopic (exact) mass is 430 g/mol. The van der Waals surface area contributed by atoms with Crippen LogP contribution in [-0.4, -0.2) is 44.3 Å². The summed E-state index contributed by atoms with van der Waals surface area (Å²) in [6.07, 6.45) is 1.81. The molecule has 152 valence electrons. The Bertz CT molecular complexity index is 1100. The van der Waals surface area contributed by atoms with Crippen LogP contribution in [0.3, 0.4) is 0 Å². The van der Waals surface area contributed by atoms with E-state index in [1.165, 1.54) is 23.5 Å². The highest BCUT2D eigenvalue weighted by atomic mass is 32.2. The molecule has 1 saturated heterocycles. The van der Waals surface area contributed by atoms with E-state index in [0.29, 0.717) is 23.8 Å². The summed E-state index contributed by atoms with van der Waals surface area (Å²) in [6, 6.07) is 14.0. The fraction of sp³-hybridized carbons (Fsp3) is 0.333. The van der Waals surface area contributed by atoms with Crippen LogP contribution in [0.5, 0.6) is 0 Å². The second kappa shape index (κ2) is 8.22.